The van der Waals surface area contributed by atoms with Gasteiger partial charge in [-0.15, -0.1) is 11.3 Å². The van der Waals surface area contributed by atoms with Crippen molar-refractivity contribution in [3.05, 3.63) is 168 Å². The van der Waals surface area contributed by atoms with Crippen LogP contribution < -0.4 is 10.6 Å². The number of fused-ring (bicyclic) bond motifs is 11. The molecule has 4 nitrogen and oxygen atoms in total. The zero-order valence-corrected chi connectivity index (χ0v) is 27.2. The highest BCUT2D eigenvalue weighted by Gasteiger charge is 2.33. The lowest BCUT2D eigenvalue weighted by Crippen LogP contribution is -2.36. The van der Waals surface area contributed by atoms with Crippen molar-refractivity contribution in [3.8, 4) is 5.69 Å². The predicted molar refractivity (Wildman–Crippen MR) is 205 cm³/mol. The minimum absolute atomic E-state index is 0.0295. The Kier molecular flexibility index (Phi) is 5.70. The zero-order chi connectivity index (χ0) is 32.1. The van der Waals surface area contributed by atoms with Gasteiger partial charge in [0.2, 0.25) is 0 Å². The van der Waals surface area contributed by atoms with Gasteiger partial charge in [-0.1, -0.05) is 121 Å². The van der Waals surface area contributed by atoms with E-state index in [1.165, 1.54) is 47.8 Å². The molecule has 1 aliphatic rings. The van der Waals surface area contributed by atoms with Crippen molar-refractivity contribution < 1.29 is 4.42 Å². The van der Waals surface area contributed by atoms with Crippen LogP contribution in [0.2, 0.25) is 0 Å². The Hall–Kier alpha value is -5.88. The van der Waals surface area contributed by atoms with E-state index in [0.717, 1.165) is 44.2 Å². The molecule has 0 spiro atoms. The van der Waals surface area contributed by atoms with Gasteiger partial charge in [-0.3, -0.25) is 5.32 Å². The van der Waals surface area contributed by atoms with E-state index < -0.39 is 0 Å². The number of furan rings is 1. The van der Waals surface area contributed by atoms with Gasteiger partial charge >= 0.3 is 0 Å². The second-order valence-corrected chi connectivity index (χ2v) is 14.0. The molecule has 3 aromatic heterocycles. The molecule has 4 heterocycles. The van der Waals surface area contributed by atoms with E-state index in [1.54, 1.807) is 0 Å². The van der Waals surface area contributed by atoms with Crippen molar-refractivity contribution >= 4 is 81.6 Å². The average Bonchev–Trinajstić information content (AvgIpc) is 3.85. The van der Waals surface area contributed by atoms with E-state index in [2.05, 4.69) is 167 Å². The van der Waals surface area contributed by atoms with Gasteiger partial charge in [0.15, 0.2) is 5.58 Å². The van der Waals surface area contributed by atoms with Gasteiger partial charge in [-0.2, -0.15) is 0 Å². The molecule has 49 heavy (non-hydrogen) atoms. The smallest absolute Gasteiger partial charge is 0.159 e. The van der Waals surface area contributed by atoms with Crippen LogP contribution in [-0.4, -0.2) is 4.57 Å². The van der Waals surface area contributed by atoms with Crippen molar-refractivity contribution in [1.29, 1.82) is 0 Å². The molecular weight excluding hydrogens is 619 g/mol. The van der Waals surface area contributed by atoms with Crippen molar-refractivity contribution in [2.75, 3.05) is 5.32 Å². The first kappa shape index (κ1) is 27.1. The summed E-state index contributed by atoms with van der Waals surface area (Å²) in [7, 11) is 0. The third-order valence-corrected chi connectivity index (χ3v) is 11.5. The molecule has 5 heteroatoms. The van der Waals surface area contributed by atoms with Crippen LogP contribution in [0.15, 0.2) is 156 Å². The number of benzene rings is 7. The summed E-state index contributed by atoms with van der Waals surface area (Å²) in [6.07, 6.45) is -0.176. The molecule has 0 fully saturated rings. The Balaban J connectivity index is 1.23. The summed E-state index contributed by atoms with van der Waals surface area (Å²) in [6, 6.07) is 54.5. The van der Waals surface area contributed by atoms with Crippen molar-refractivity contribution in [2.45, 2.75) is 12.2 Å². The maximum atomic E-state index is 7.01. The topological polar surface area (TPSA) is 42.1 Å². The Morgan fingerprint density at radius 2 is 1.24 bits per heavy atom. The molecule has 2 N–H and O–H groups in total. The number of nitrogens with one attached hydrogen (secondary N) is 2. The van der Waals surface area contributed by atoms with Crippen LogP contribution in [0.4, 0.5) is 5.69 Å². The second kappa shape index (κ2) is 10.3. The van der Waals surface area contributed by atoms with Gasteiger partial charge in [0.25, 0.3) is 0 Å². The summed E-state index contributed by atoms with van der Waals surface area (Å²) >= 11 is 1.87. The van der Waals surface area contributed by atoms with Crippen molar-refractivity contribution in [1.82, 2.24) is 9.88 Å². The molecule has 232 valence electrons. The summed E-state index contributed by atoms with van der Waals surface area (Å²) in [5, 5.41) is 16.4. The lowest BCUT2D eigenvalue weighted by Gasteiger charge is -2.34. The highest BCUT2D eigenvalue weighted by Crippen LogP contribution is 2.49. The first-order chi connectivity index (χ1) is 24.3. The van der Waals surface area contributed by atoms with Crippen LogP contribution in [0.1, 0.15) is 28.2 Å². The zero-order valence-electron chi connectivity index (χ0n) is 26.4. The van der Waals surface area contributed by atoms with Crippen molar-refractivity contribution in [3.63, 3.8) is 0 Å². The molecule has 0 amide bonds. The first-order valence-electron chi connectivity index (χ1n) is 16.8. The van der Waals surface area contributed by atoms with Crippen LogP contribution in [0.25, 0.3) is 70.3 Å². The highest BCUT2D eigenvalue weighted by molar-refractivity contribution is 7.20. The lowest BCUT2D eigenvalue weighted by molar-refractivity contribution is 0.516. The molecule has 0 aliphatic carbocycles. The lowest BCUT2D eigenvalue weighted by atomic mass is 9.95. The Morgan fingerprint density at radius 1 is 0.571 bits per heavy atom. The van der Waals surface area contributed by atoms with Gasteiger partial charge in [-0.05, 0) is 46.7 Å². The van der Waals surface area contributed by atoms with E-state index in [0.29, 0.717) is 0 Å². The van der Waals surface area contributed by atoms with Gasteiger partial charge < -0.3 is 14.3 Å². The monoisotopic (exact) mass is 647 g/mol. The molecule has 1 aliphatic heterocycles. The molecule has 0 bridgehead atoms. The number of rotatable bonds is 3. The number of hydrogen-bond donors (Lipinski definition) is 2. The van der Waals surface area contributed by atoms with E-state index >= 15 is 0 Å². The highest BCUT2D eigenvalue weighted by atomic mass is 32.1. The quantitative estimate of drug-likeness (QED) is 0.201. The second-order valence-electron chi connectivity index (χ2n) is 12.9. The van der Waals surface area contributed by atoms with Crippen LogP contribution in [0, 0.1) is 0 Å². The Bertz CT molecular complexity index is 2860. The predicted octanol–water partition coefficient (Wildman–Crippen LogP) is 11.9. The fraction of sp³-hybridized carbons (Fsp3) is 0.0455. The SMILES string of the molecule is c1ccc(C2NC(c3ccc(-n4c5ccccc5c5ccccc54)c4oc5ccc6ccccc6c5c34)Nc3c2sc2ccccc32)cc1. The van der Waals surface area contributed by atoms with Gasteiger partial charge in [-0.25, -0.2) is 0 Å². The summed E-state index contributed by atoms with van der Waals surface area (Å²) in [5.74, 6) is 0. The van der Waals surface area contributed by atoms with Crippen LogP contribution in [-0.2, 0) is 0 Å². The number of para-hydroxylation sites is 2. The molecule has 10 aromatic rings. The van der Waals surface area contributed by atoms with E-state index in [1.807, 2.05) is 11.3 Å². The third-order valence-electron chi connectivity index (χ3n) is 10.3. The molecule has 11 rings (SSSR count). The van der Waals surface area contributed by atoms with Gasteiger partial charge in [0, 0.05) is 37.2 Å². The summed E-state index contributed by atoms with van der Waals surface area (Å²) < 4.78 is 10.7. The number of aromatic nitrogens is 1. The fourth-order valence-electron chi connectivity index (χ4n) is 8.16. The number of thiophene rings is 1. The fourth-order valence-corrected chi connectivity index (χ4v) is 9.41. The maximum Gasteiger partial charge on any atom is 0.159 e. The molecule has 7 aromatic carbocycles. The molecule has 0 saturated carbocycles. The number of nitrogens with zero attached hydrogens (tertiary/aromatic N) is 1. The molecule has 0 saturated heterocycles. The molecular formula is C44H29N3OS. The average molecular weight is 648 g/mol. The van der Waals surface area contributed by atoms with E-state index in [-0.39, 0.29) is 12.2 Å². The van der Waals surface area contributed by atoms with Gasteiger partial charge in [0.05, 0.1) is 33.3 Å². The maximum absolute atomic E-state index is 7.01. The van der Waals surface area contributed by atoms with E-state index in [4.69, 9.17) is 4.42 Å². The number of hydrogen-bond acceptors (Lipinski definition) is 4. The third kappa shape index (κ3) is 3.88. The molecule has 2 unspecified atom stereocenters. The largest absolute Gasteiger partial charge is 0.454 e. The van der Waals surface area contributed by atoms with Crippen LogP contribution in [0.5, 0.6) is 0 Å². The summed E-state index contributed by atoms with van der Waals surface area (Å²) in [6.45, 7) is 0. The number of anilines is 1. The minimum atomic E-state index is -0.176. The normalized spacial score (nSPS) is 16.2. The molecule has 2 atom stereocenters. The van der Waals surface area contributed by atoms with E-state index in [9.17, 15) is 0 Å². The minimum Gasteiger partial charge on any atom is -0.454 e. The Morgan fingerprint density at radius 3 is 2.04 bits per heavy atom. The van der Waals surface area contributed by atoms with Gasteiger partial charge in [0.1, 0.15) is 11.7 Å². The van der Waals surface area contributed by atoms with Crippen LogP contribution in [0.3, 0.4) is 0 Å². The summed E-state index contributed by atoms with van der Waals surface area (Å²) in [4.78, 5) is 1.31. The Labute approximate surface area is 285 Å². The van der Waals surface area contributed by atoms with Crippen molar-refractivity contribution in [2.24, 2.45) is 0 Å². The molecule has 0 radical (unpaired) electrons. The first-order valence-corrected chi connectivity index (χ1v) is 17.6. The standard InChI is InChI=1S/C44H29N3OS/c1-2-13-27(14-3-1)40-43-41(31-18-8-11-21-37(31)49-43)46-44(45-40)32-23-24-35(47-33-19-9-6-16-29(33)30-17-7-10-20-34(30)47)42-39(32)38-28-15-5-4-12-26(28)22-25-36(38)48-42/h1-25,40,44-46H. The summed E-state index contributed by atoms with van der Waals surface area (Å²) in [5.41, 5.74) is 8.76. The van der Waals surface area contributed by atoms with Crippen LogP contribution >= 0.6 is 11.3 Å².